The first-order valence-electron chi connectivity index (χ1n) is 9.14. The number of hydrogen-bond donors (Lipinski definition) is 1. The van der Waals surface area contributed by atoms with Gasteiger partial charge in [-0.05, 0) is 71.0 Å². The molecular weight excluding hydrogens is 366 g/mol. The van der Waals surface area contributed by atoms with Crippen molar-refractivity contribution in [2.75, 3.05) is 20.1 Å². The van der Waals surface area contributed by atoms with Crippen molar-refractivity contribution in [3.05, 3.63) is 35.7 Å². The smallest absolute Gasteiger partial charge is 0.276 e. The summed E-state index contributed by atoms with van der Waals surface area (Å²) >= 11 is 0. The van der Waals surface area contributed by atoms with Gasteiger partial charge in [-0.1, -0.05) is 5.21 Å². The highest BCUT2D eigenvalue weighted by molar-refractivity contribution is 5.93. The number of carbonyl (C=O) groups excluding carboxylic acids is 1. The summed E-state index contributed by atoms with van der Waals surface area (Å²) in [4.78, 5) is 14.7. The zero-order chi connectivity index (χ0) is 18.7. The van der Waals surface area contributed by atoms with Crippen molar-refractivity contribution in [3.8, 4) is 11.4 Å². The Morgan fingerprint density at radius 1 is 1.26 bits per heavy atom. The zero-order valence-corrected chi connectivity index (χ0v) is 17.1. The van der Waals surface area contributed by atoms with Crippen molar-refractivity contribution < 1.29 is 9.53 Å². The maximum absolute atomic E-state index is 12.9. The van der Waals surface area contributed by atoms with Crippen molar-refractivity contribution in [3.63, 3.8) is 0 Å². The maximum Gasteiger partial charge on any atom is 0.276 e. The Kier molecular flexibility index (Phi) is 7.21. The Balaban J connectivity index is 0.00000261. The molecule has 0 atom stereocenters. The number of aromatic nitrogens is 3. The van der Waals surface area contributed by atoms with Gasteiger partial charge in [-0.2, -0.15) is 0 Å². The molecule has 2 heterocycles. The average Bonchev–Trinajstić information content (AvgIpc) is 3.03. The standard InChI is InChI=1S/C19H27N5O2.ClH/c1-13(2)26-17-7-5-16(6-8-17)24-14(3)18(21-22-24)19(25)23(4)15-9-11-20-12-10-15;/h5-8,13,15,20H,9-12H2,1-4H3;1H. The molecule has 0 unspecified atom stereocenters. The van der Waals surface area contributed by atoms with E-state index in [0.717, 1.165) is 43.1 Å². The molecule has 1 aliphatic heterocycles. The van der Waals surface area contributed by atoms with Gasteiger partial charge in [0.1, 0.15) is 5.75 Å². The SMILES string of the molecule is Cc1c(C(=O)N(C)C2CCNCC2)nnn1-c1ccc(OC(C)C)cc1.Cl. The number of piperidine rings is 1. The minimum Gasteiger partial charge on any atom is -0.491 e. The van der Waals surface area contributed by atoms with Crippen LogP contribution < -0.4 is 10.1 Å². The van der Waals surface area contributed by atoms with Crippen molar-refractivity contribution >= 4 is 18.3 Å². The Labute approximate surface area is 166 Å². The fourth-order valence-electron chi connectivity index (χ4n) is 3.24. The van der Waals surface area contributed by atoms with E-state index in [2.05, 4.69) is 15.6 Å². The molecule has 1 saturated heterocycles. The lowest BCUT2D eigenvalue weighted by molar-refractivity contribution is 0.0696. The molecular formula is C19H28ClN5O2. The molecule has 1 aromatic carbocycles. The summed E-state index contributed by atoms with van der Waals surface area (Å²) in [6, 6.07) is 7.90. The van der Waals surface area contributed by atoms with Crippen LogP contribution >= 0.6 is 12.4 Å². The topological polar surface area (TPSA) is 72.3 Å². The number of halogens is 1. The number of carbonyl (C=O) groups is 1. The second-order valence-electron chi connectivity index (χ2n) is 6.99. The monoisotopic (exact) mass is 393 g/mol. The van der Waals surface area contributed by atoms with E-state index < -0.39 is 0 Å². The van der Waals surface area contributed by atoms with Crippen molar-refractivity contribution in [2.24, 2.45) is 0 Å². The minimum atomic E-state index is -0.0691. The van der Waals surface area contributed by atoms with E-state index in [4.69, 9.17) is 4.74 Å². The molecule has 7 nitrogen and oxygen atoms in total. The lowest BCUT2D eigenvalue weighted by Crippen LogP contribution is -2.44. The summed E-state index contributed by atoms with van der Waals surface area (Å²) < 4.78 is 7.36. The molecule has 2 aromatic rings. The Bertz CT molecular complexity index is 754. The first-order valence-corrected chi connectivity index (χ1v) is 9.14. The molecule has 1 N–H and O–H groups in total. The number of rotatable bonds is 5. The zero-order valence-electron chi connectivity index (χ0n) is 16.3. The summed E-state index contributed by atoms with van der Waals surface area (Å²) in [6.07, 6.45) is 2.06. The van der Waals surface area contributed by atoms with E-state index in [0.29, 0.717) is 5.69 Å². The predicted molar refractivity (Wildman–Crippen MR) is 107 cm³/mol. The summed E-state index contributed by atoms with van der Waals surface area (Å²) in [5.74, 6) is 0.740. The Hall–Kier alpha value is -2.12. The third-order valence-electron chi connectivity index (χ3n) is 4.73. The first kappa shape index (κ1) is 21.2. The molecule has 0 spiro atoms. The van der Waals surface area contributed by atoms with Gasteiger partial charge in [0.2, 0.25) is 0 Å². The van der Waals surface area contributed by atoms with Crippen molar-refractivity contribution in [1.82, 2.24) is 25.2 Å². The summed E-state index contributed by atoms with van der Waals surface area (Å²) in [6.45, 7) is 7.75. The highest BCUT2D eigenvalue weighted by atomic mass is 35.5. The second kappa shape index (κ2) is 9.19. The molecule has 1 amide bonds. The number of hydrogen-bond acceptors (Lipinski definition) is 5. The van der Waals surface area contributed by atoms with E-state index in [1.54, 1.807) is 4.68 Å². The fourth-order valence-corrected chi connectivity index (χ4v) is 3.24. The summed E-state index contributed by atoms with van der Waals surface area (Å²) in [5, 5.41) is 11.7. The van der Waals surface area contributed by atoms with Gasteiger partial charge >= 0.3 is 0 Å². The van der Waals surface area contributed by atoms with E-state index in [1.807, 2.05) is 57.0 Å². The summed E-state index contributed by atoms with van der Waals surface area (Å²) in [5.41, 5.74) is 2.01. The number of ether oxygens (including phenoxy) is 1. The lowest BCUT2D eigenvalue weighted by atomic mass is 10.0. The van der Waals surface area contributed by atoms with Crippen molar-refractivity contribution in [2.45, 2.75) is 45.8 Å². The molecule has 0 saturated carbocycles. The van der Waals surface area contributed by atoms with Crippen LogP contribution in [0.4, 0.5) is 0 Å². The molecule has 1 fully saturated rings. The van der Waals surface area contributed by atoms with E-state index >= 15 is 0 Å². The molecule has 0 bridgehead atoms. The number of nitrogens with zero attached hydrogens (tertiary/aromatic N) is 4. The molecule has 0 radical (unpaired) electrons. The molecule has 1 aliphatic rings. The molecule has 0 aliphatic carbocycles. The van der Waals surface area contributed by atoms with Crippen LogP contribution in [-0.2, 0) is 0 Å². The third-order valence-corrected chi connectivity index (χ3v) is 4.73. The Morgan fingerprint density at radius 2 is 1.89 bits per heavy atom. The molecule has 148 valence electrons. The van der Waals surface area contributed by atoms with Crippen LogP contribution in [-0.4, -0.2) is 58.1 Å². The van der Waals surface area contributed by atoms with Crippen LogP contribution in [0, 0.1) is 6.92 Å². The van der Waals surface area contributed by atoms with Gasteiger partial charge in [0.25, 0.3) is 5.91 Å². The number of amides is 1. The highest BCUT2D eigenvalue weighted by Gasteiger charge is 2.26. The van der Waals surface area contributed by atoms with Gasteiger partial charge in [-0.25, -0.2) is 4.68 Å². The maximum atomic E-state index is 12.9. The van der Waals surface area contributed by atoms with Crippen LogP contribution in [0.1, 0.15) is 42.9 Å². The second-order valence-corrected chi connectivity index (χ2v) is 6.99. The summed E-state index contributed by atoms with van der Waals surface area (Å²) in [7, 11) is 1.86. The van der Waals surface area contributed by atoms with Gasteiger partial charge in [0, 0.05) is 13.1 Å². The minimum absolute atomic E-state index is 0. The number of benzene rings is 1. The van der Waals surface area contributed by atoms with Gasteiger partial charge in [0.15, 0.2) is 5.69 Å². The van der Waals surface area contributed by atoms with Crippen LogP contribution in [0.25, 0.3) is 5.69 Å². The fraction of sp³-hybridized carbons (Fsp3) is 0.526. The van der Waals surface area contributed by atoms with Crippen LogP contribution in [0.3, 0.4) is 0 Å². The third kappa shape index (κ3) is 4.78. The number of nitrogens with one attached hydrogen (secondary N) is 1. The van der Waals surface area contributed by atoms with Gasteiger partial charge < -0.3 is 15.0 Å². The largest absolute Gasteiger partial charge is 0.491 e. The molecule has 8 heteroatoms. The highest BCUT2D eigenvalue weighted by Crippen LogP contribution is 2.20. The molecule has 27 heavy (non-hydrogen) atoms. The quantitative estimate of drug-likeness (QED) is 0.845. The molecule has 3 rings (SSSR count). The van der Waals surface area contributed by atoms with Gasteiger partial charge in [-0.15, -0.1) is 17.5 Å². The van der Waals surface area contributed by atoms with Crippen LogP contribution in [0.5, 0.6) is 5.75 Å². The van der Waals surface area contributed by atoms with E-state index in [9.17, 15) is 4.79 Å². The van der Waals surface area contributed by atoms with E-state index in [-0.39, 0.29) is 30.5 Å². The van der Waals surface area contributed by atoms with E-state index in [1.165, 1.54) is 0 Å². The predicted octanol–water partition coefficient (Wildman–Crippen LogP) is 2.61. The van der Waals surface area contributed by atoms with Crippen molar-refractivity contribution in [1.29, 1.82) is 0 Å². The molecule has 1 aromatic heterocycles. The Morgan fingerprint density at radius 3 is 2.48 bits per heavy atom. The van der Waals surface area contributed by atoms with Gasteiger partial charge in [-0.3, -0.25) is 4.79 Å². The lowest BCUT2D eigenvalue weighted by Gasteiger charge is -2.31. The first-order chi connectivity index (χ1) is 12.5. The van der Waals surface area contributed by atoms with Crippen LogP contribution in [0.15, 0.2) is 24.3 Å². The average molecular weight is 394 g/mol. The van der Waals surface area contributed by atoms with Crippen LogP contribution in [0.2, 0.25) is 0 Å². The van der Waals surface area contributed by atoms with Gasteiger partial charge in [0.05, 0.1) is 17.5 Å². The normalized spacial score (nSPS) is 14.7.